The maximum absolute atomic E-state index is 12.1. The smallest absolute Gasteiger partial charge is 0.287 e. The Morgan fingerprint density at radius 2 is 1.17 bits per heavy atom. The molecule has 1 fully saturated rings. The van der Waals surface area contributed by atoms with Crippen LogP contribution in [0.25, 0.3) is 0 Å². The third kappa shape index (κ3) is 3.88. The number of aryl methyl sites for hydroxylation is 2. The standard InChI is InChI=1S/C18H22N2O4/c1-11-3-9-15(23-11)17(21)19-13-5-7-14(8-6-13)20-18(22)16-10-4-12(2)24-16/h3-4,9-10,13-14H,5-8H2,1-2H3,(H,19,21)(H,20,22). The highest BCUT2D eigenvalue weighted by molar-refractivity contribution is 5.92. The van der Waals surface area contributed by atoms with Gasteiger partial charge in [0.15, 0.2) is 11.5 Å². The lowest BCUT2D eigenvalue weighted by Crippen LogP contribution is -2.43. The van der Waals surface area contributed by atoms with Gasteiger partial charge in [-0.2, -0.15) is 0 Å². The van der Waals surface area contributed by atoms with Gasteiger partial charge in [0.05, 0.1) is 0 Å². The molecule has 6 heteroatoms. The number of hydrogen-bond donors (Lipinski definition) is 2. The summed E-state index contributed by atoms with van der Waals surface area (Å²) in [7, 11) is 0. The van der Waals surface area contributed by atoms with Gasteiger partial charge >= 0.3 is 0 Å². The van der Waals surface area contributed by atoms with E-state index in [1.54, 1.807) is 24.3 Å². The molecule has 1 saturated carbocycles. The molecule has 2 heterocycles. The maximum atomic E-state index is 12.1. The van der Waals surface area contributed by atoms with Crippen LogP contribution in [0.1, 0.15) is 58.3 Å². The number of hydrogen-bond acceptors (Lipinski definition) is 4. The lowest BCUT2D eigenvalue weighted by Gasteiger charge is -2.29. The van der Waals surface area contributed by atoms with Gasteiger partial charge in [-0.25, -0.2) is 0 Å². The summed E-state index contributed by atoms with van der Waals surface area (Å²) in [5.74, 6) is 1.77. The van der Waals surface area contributed by atoms with Crippen LogP contribution in [0.2, 0.25) is 0 Å². The molecule has 128 valence electrons. The first-order valence-electron chi connectivity index (χ1n) is 8.26. The van der Waals surface area contributed by atoms with Crippen molar-refractivity contribution in [2.75, 3.05) is 0 Å². The quantitative estimate of drug-likeness (QED) is 0.902. The summed E-state index contributed by atoms with van der Waals surface area (Å²) in [6, 6.07) is 7.14. The van der Waals surface area contributed by atoms with E-state index in [0.717, 1.165) is 37.2 Å². The molecule has 2 amide bonds. The lowest BCUT2D eigenvalue weighted by atomic mass is 9.91. The molecule has 3 rings (SSSR count). The van der Waals surface area contributed by atoms with Crippen LogP contribution in [0.15, 0.2) is 33.1 Å². The monoisotopic (exact) mass is 330 g/mol. The predicted molar refractivity (Wildman–Crippen MR) is 87.9 cm³/mol. The van der Waals surface area contributed by atoms with Crippen molar-refractivity contribution < 1.29 is 18.4 Å². The summed E-state index contributed by atoms with van der Waals surface area (Å²) < 4.78 is 10.7. The van der Waals surface area contributed by atoms with Crippen molar-refractivity contribution in [2.45, 2.75) is 51.6 Å². The zero-order chi connectivity index (χ0) is 17.1. The van der Waals surface area contributed by atoms with Gasteiger partial charge in [0.2, 0.25) is 0 Å². The van der Waals surface area contributed by atoms with E-state index in [2.05, 4.69) is 10.6 Å². The van der Waals surface area contributed by atoms with E-state index in [1.165, 1.54) is 0 Å². The van der Waals surface area contributed by atoms with Crippen LogP contribution in [-0.4, -0.2) is 23.9 Å². The fraction of sp³-hybridized carbons (Fsp3) is 0.444. The first-order valence-corrected chi connectivity index (χ1v) is 8.26. The van der Waals surface area contributed by atoms with E-state index in [-0.39, 0.29) is 23.9 Å². The molecule has 2 N–H and O–H groups in total. The molecule has 1 aliphatic rings. The summed E-state index contributed by atoms with van der Waals surface area (Å²) in [6.45, 7) is 3.62. The Balaban J connectivity index is 1.45. The van der Waals surface area contributed by atoms with Gasteiger partial charge in [0.1, 0.15) is 11.5 Å². The van der Waals surface area contributed by atoms with Crippen LogP contribution >= 0.6 is 0 Å². The first-order chi connectivity index (χ1) is 11.5. The Kier molecular flexibility index (Phi) is 4.74. The van der Waals surface area contributed by atoms with Crippen LogP contribution in [-0.2, 0) is 0 Å². The number of nitrogens with one attached hydrogen (secondary N) is 2. The Bertz CT molecular complexity index is 661. The molecule has 0 saturated heterocycles. The van der Waals surface area contributed by atoms with E-state index in [1.807, 2.05) is 13.8 Å². The summed E-state index contributed by atoms with van der Waals surface area (Å²) in [5.41, 5.74) is 0. The molecule has 2 aromatic heterocycles. The topological polar surface area (TPSA) is 84.5 Å². The van der Waals surface area contributed by atoms with Crippen LogP contribution in [0.3, 0.4) is 0 Å². The van der Waals surface area contributed by atoms with Crippen LogP contribution in [0, 0.1) is 13.8 Å². The van der Waals surface area contributed by atoms with Crippen molar-refractivity contribution in [3.05, 3.63) is 47.3 Å². The van der Waals surface area contributed by atoms with E-state index < -0.39 is 0 Å². The largest absolute Gasteiger partial charge is 0.456 e. The molecule has 2 aromatic rings. The zero-order valence-corrected chi connectivity index (χ0v) is 13.9. The van der Waals surface area contributed by atoms with Crippen molar-refractivity contribution in [1.82, 2.24) is 10.6 Å². The highest BCUT2D eigenvalue weighted by atomic mass is 16.4. The Hall–Kier alpha value is -2.50. The van der Waals surface area contributed by atoms with Crippen LogP contribution in [0.5, 0.6) is 0 Å². The second kappa shape index (κ2) is 6.95. The van der Waals surface area contributed by atoms with E-state index in [9.17, 15) is 9.59 Å². The minimum Gasteiger partial charge on any atom is -0.456 e. The minimum atomic E-state index is -0.179. The molecule has 0 atom stereocenters. The Morgan fingerprint density at radius 1 is 0.792 bits per heavy atom. The molecule has 0 bridgehead atoms. The molecule has 24 heavy (non-hydrogen) atoms. The zero-order valence-electron chi connectivity index (χ0n) is 13.9. The molecule has 0 aromatic carbocycles. The van der Waals surface area contributed by atoms with Crippen molar-refractivity contribution in [3.63, 3.8) is 0 Å². The highest BCUT2D eigenvalue weighted by Crippen LogP contribution is 2.20. The van der Waals surface area contributed by atoms with Gasteiger partial charge in [0.25, 0.3) is 11.8 Å². The van der Waals surface area contributed by atoms with Gasteiger partial charge in [-0.3, -0.25) is 9.59 Å². The summed E-state index contributed by atoms with van der Waals surface area (Å²) in [5, 5.41) is 5.99. The fourth-order valence-electron chi connectivity index (χ4n) is 3.01. The predicted octanol–water partition coefficient (Wildman–Crippen LogP) is 2.96. The van der Waals surface area contributed by atoms with Gasteiger partial charge in [-0.15, -0.1) is 0 Å². The maximum Gasteiger partial charge on any atom is 0.287 e. The second-order valence-corrected chi connectivity index (χ2v) is 6.32. The molecular weight excluding hydrogens is 308 g/mol. The first kappa shape index (κ1) is 16.4. The third-order valence-corrected chi connectivity index (χ3v) is 4.33. The molecular formula is C18H22N2O4. The number of furan rings is 2. The Labute approximate surface area is 140 Å². The molecule has 0 spiro atoms. The van der Waals surface area contributed by atoms with Gasteiger partial charge in [-0.1, -0.05) is 0 Å². The molecule has 6 nitrogen and oxygen atoms in total. The molecule has 0 radical (unpaired) electrons. The number of carbonyl (C=O) groups is 2. The normalized spacial score (nSPS) is 20.6. The summed E-state index contributed by atoms with van der Waals surface area (Å²) in [6.07, 6.45) is 3.31. The van der Waals surface area contributed by atoms with Crippen molar-refractivity contribution in [2.24, 2.45) is 0 Å². The number of amides is 2. The van der Waals surface area contributed by atoms with Crippen molar-refractivity contribution in [3.8, 4) is 0 Å². The van der Waals surface area contributed by atoms with Crippen molar-refractivity contribution >= 4 is 11.8 Å². The minimum absolute atomic E-state index is 0.113. The Morgan fingerprint density at radius 3 is 1.46 bits per heavy atom. The number of carbonyl (C=O) groups excluding carboxylic acids is 2. The summed E-state index contributed by atoms with van der Waals surface area (Å²) >= 11 is 0. The van der Waals surface area contributed by atoms with Crippen LogP contribution < -0.4 is 10.6 Å². The van der Waals surface area contributed by atoms with Gasteiger partial charge < -0.3 is 19.5 Å². The SMILES string of the molecule is Cc1ccc(C(=O)NC2CCC(NC(=O)c3ccc(C)o3)CC2)o1. The van der Waals surface area contributed by atoms with E-state index >= 15 is 0 Å². The van der Waals surface area contributed by atoms with Crippen molar-refractivity contribution in [1.29, 1.82) is 0 Å². The highest BCUT2D eigenvalue weighted by Gasteiger charge is 2.25. The van der Waals surface area contributed by atoms with Crippen LogP contribution in [0.4, 0.5) is 0 Å². The third-order valence-electron chi connectivity index (χ3n) is 4.33. The average molecular weight is 330 g/mol. The van der Waals surface area contributed by atoms with E-state index in [4.69, 9.17) is 8.83 Å². The average Bonchev–Trinajstić information content (AvgIpc) is 3.18. The van der Waals surface area contributed by atoms with Gasteiger partial charge in [0, 0.05) is 12.1 Å². The molecule has 1 aliphatic carbocycles. The fourth-order valence-corrected chi connectivity index (χ4v) is 3.01. The number of rotatable bonds is 4. The molecule has 0 unspecified atom stereocenters. The van der Waals surface area contributed by atoms with Gasteiger partial charge in [-0.05, 0) is 63.8 Å². The lowest BCUT2D eigenvalue weighted by molar-refractivity contribution is 0.0863. The van der Waals surface area contributed by atoms with E-state index in [0.29, 0.717) is 11.5 Å². The second-order valence-electron chi connectivity index (χ2n) is 6.32. The molecule has 0 aliphatic heterocycles. The summed E-state index contributed by atoms with van der Waals surface area (Å²) in [4.78, 5) is 24.2.